The van der Waals surface area contributed by atoms with Crippen LogP contribution in [0.5, 0.6) is 0 Å². The van der Waals surface area contributed by atoms with Gasteiger partial charge in [-0.2, -0.15) is 0 Å². The van der Waals surface area contributed by atoms with Gasteiger partial charge >= 0.3 is 0 Å². The number of hydrogen-bond donors (Lipinski definition) is 0. The second kappa shape index (κ2) is 15.5. The molecule has 4 aromatic heterocycles. The summed E-state index contributed by atoms with van der Waals surface area (Å²) in [4.78, 5) is 15.9. The largest absolute Gasteiger partial charge is 0.456 e. The molecule has 5 nitrogen and oxygen atoms in total. The summed E-state index contributed by atoms with van der Waals surface area (Å²) in [6.45, 7) is 4.72. The molecule has 1 aliphatic rings. The molecule has 0 saturated heterocycles. The summed E-state index contributed by atoms with van der Waals surface area (Å²) in [5, 5.41) is 6.92. The Bertz CT molecular complexity index is 4540. The van der Waals surface area contributed by atoms with Gasteiger partial charge in [-0.15, -0.1) is 11.3 Å². The van der Waals surface area contributed by atoms with Crippen LogP contribution in [0.3, 0.4) is 0 Å². The van der Waals surface area contributed by atoms with Crippen LogP contribution in [-0.4, -0.2) is 19.5 Å². The lowest BCUT2D eigenvalue weighted by molar-refractivity contribution is 0.661. The zero-order chi connectivity index (χ0) is 47.7. The van der Waals surface area contributed by atoms with Crippen molar-refractivity contribution in [3.63, 3.8) is 0 Å². The number of benzene rings is 10. The monoisotopic (exact) mass is 938 g/mol. The van der Waals surface area contributed by atoms with Gasteiger partial charge in [0, 0.05) is 69.5 Å². The minimum atomic E-state index is -0.122. The van der Waals surface area contributed by atoms with Crippen molar-refractivity contribution in [3.05, 3.63) is 230 Å². The zero-order valence-electron chi connectivity index (χ0n) is 39.4. The number of hydrogen-bond acceptors (Lipinski definition) is 5. The maximum Gasteiger partial charge on any atom is 0.164 e. The summed E-state index contributed by atoms with van der Waals surface area (Å²) < 4.78 is 11.6. The maximum atomic E-state index is 6.68. The van der Waals surface area contributed by atoms with Gasteiger partial charge in [0.2, 0.25) is 0 Å². The summed E-state index contributed by atoms with van der Waals surface area (Å²) in [6, 6.07) is 78.2. The summed E-state index contributed by atoms with van der Waals surface area (Å²) in [5.74, 6) is 1.80. The highest BCUT2D eigenvalue weighted by Crippen LogP contribution is 2.51. The number of nitrogens with zero attached hydrogens (tertiary/aromatic N) is 4. The molecular weight excluding hydrogens is 897 g/mol. The van der Waals surface area contributed by atoms with E-state index in [1.54, 1.807) is 0 Å². The molecule has 15 rings (SSSR count). The normalized spacial score (nSPS) is 13.0. The fourth-order valence-electron chi connectivity index (χ4n) is 11.7. The highest BCUT2D eigenvalue weighted by Gasteiger charge is 2.36. The van der Waals surface area contributed by atoms with Crippen LogP contribution in [0.4, 0.5) is 0 Å². The topological polar surface area (TPSA) is 56.7 Å². The quantitative estimate of drug-likeness (QED) is 0.167. The lowest BCUT2D eigenvalue weighted by Crippen LogP contribution is -2.14. The fraction of sp³-hybridized carbons (Fsp3) is 0.0455. The van der Waals surface area contributed by atoms with Crippen LogP contribution in [0.15, 0.2) is 223 Å². The summed E-state index contributed by atoms with van der Waals surface area (Å²) in [5.41, 5.74) is 17.5. The molecule has 0 atom stereocenters. The molecule has 6 heteroatoms. The van der Waals surface area contributed by atoms with Crippen molar-refractivity contribution in [2.75, 3.05) is 0 Å². The maximum absolute atomic E-state index is 6.68. The van der Waals surface area contributed by atoms with Crippen molar-refractivity contribution in [3.8, 4) is 73.2 Å². The fourth-order valence-corrected chi connectivity index (χ4v) is 12.8. The first-order valence-corrected chi connectivity index (χ1v) is 25.3. The summed E-state index contributed by atoms with van der Waals surface area (Å²) >= 11 is 1.83. The number of aromatic nitrogens is 4. The van der Waals surface area contributed by atoms with Gasteiger partial charge in [0.15, 0.2) is 17.5 Å². The van der Waals surface area contributed by atoms with Gasteiger partial charge in [-0.1, -0.05) is 166 Å². The SMILES string of the molecule is CC1(C)c2ccccc2-c2cc3c(cc21)c1cc(-c2ccc4oc5cccc(-c6nc(-c7ccccc7)nc(-c7ccccc7-c7cccc8sc9ccccc9c78)n6)c5c4c2)ccc1n3-c1ccccc1. The van der Waals surface area contributed by atoms with E-state index in [0.29, 0.717) is 17.5 Å². The van der Waals surface area contributed by atoms with E-state index in [1.165, 1.54) is 64.2 Å². The van der Waals surface area contributed by atoms with Gasteiger partial charge in [0.25, 0.3) is 0 Å². The van der Waals surface area contributed by atoms with Crippen molar-refractivity contribution >= 4 is 75.3 Å². The lowest BCUT2D eigenvalue weighted by Gasteiger charge is -2.21. The molecule has 0 N–H and O–H groups in total. The molecule has 10 aromatic carbocycles. The number of para-hydroxylation sites is 1. The Balaban J connectivity index is 0.914. The number of rotatable bonds is 6. The second-order valence-corrected chi connectivity index (χ2v) is 20.6. The van der Waals surface area contributed by atoms with E-state index < -0.39 is 0 Å². The van der Waals surface area contributed by atoms with E-state index in [9.17, 15) is 0 Å². The van der Waals surface area contributed by atoms with E-state index in [4.69, 9.17) is 19.4 Å². The Morgan fingerprint density at radius 1 is 0.375 bits per heavy atom. The van der Waals surface area contributed by atoms with Crippen LogP contribution in [0, 0.1) is 0 Å². The van der Waals surface area contributed by atoms with Gasteiger partial charge in [0.05, 0.1) is 11.0 Å². The van der Waals surface area contributed by atoms with Crippen LogP contribution in [0.25, 0.3) is 137 Å². The second-order valence-electron chi connectivity index (χ2n) is 19.5. The predicted molar refractivity (Wildman–Crippen MR) is 299 cm³/mol. The Hall–Kier alpha value is -8.97. The molecule has 0 spiro atoms. The standard InChI is InChI=1S/C66H42N4OS/c1-66(2)53-27-13-11-22-44(53)49-38-56-51(37-54(49)66)50-35-40(31-33-55(50)70(56)42-19-7-4-8-20-42)41-32-34-57-52(36-41)61-48(26-15-28-58(61)71-57)65-68-63(39-17-5-3-6-18-39)67-64(69-65)46-23-10-9-21-43(46)45-25-16-30-60-62(45)47-24-12-14-29-59(47)72-60/h3-38H,1-2H3. The van der Waals surface area contributed by atoms with Crippen molar-refractivity contribution < 1.29 is 4.42 Å². The molecular formula is C66H42N4OS. The van der Waals surface area contributed by atoms with E-state index in [0.717, 1.165) is 66.6 Å². The van der Waals surface area contributed by atoms with Gasteiger partial charge in [0.1, 0.15) is 11.2 Å². The molecule has 0 aliphatic heterocycles. The van der Waals surface area contributed by atoms with E-state index in [1.807, 2.05) is 41.7 Å². The first-order chi connectivity index (χ1) is 35.4. The molecule has 0 radical (unpaired) electrons. The molecule has 0 amide bonds. The van der Waals surface area contributed by atoms with Crippen molar-refractivity contribution in [1.82, 2.24) is 19.5 Å². The Labute approximate surface area is 419 Å². The zero-order valence-corrected chi connectivity index (χ0v) is 40.2. The summed E-state index contributed by atoms with van der Waals surface area (Å²) in [6.07, 6.45) is 0. The van der Waals surface area contributed by atoms with Crippen LogP contribution >= 0.6 is 11.3 Å². The first-order valence-electron chi connectivity index (χ1n) is 24.5. The van der Waals surface area contributed by atoms with Gasteiger partial charge in [-0.25, -0.2) is 15.0 Å². The van der Waals surface area contributed by atoms with Crippen molar-refractivity contribution in [2.24, 2.45) is 0 Å². The minimum Gasteiger partial charge on any atom is -0.456 e. The number of fused-ring (bicyclic) bond motifs is 12. The molecule has 1 aliphatic carbocycles. The molecule has 0 bridgehead atoms. The van der Waals surface area contributed by atoms with E-state index >= 15 is 0 Å². The molecule has 0 fully saturated rings. The van der Waals surface area contributed by atoms with E-state index in [2.05, 4.69) is 206 Å². The Morgan fingerprint density at radius 2 is 1.00 bits per heavy atom. The van der Waals surface area contributed by atoms with Crippen LogP contribution in [0.2, 0.25) is 0 Å². The van der Waals surface area contributed by atoms with E-state index in [-0.39, 0.29) is 5.41 Å². The van der Waals surface area contributed by atoms with Gasteiger partial charge < -0.3 is 8.98 Å². The van der Waals surface area contributed by atoms with Crippen LogP contribution in [-0.2, 0) is 5.41 Å². The smallest absolute Gasteiger partial charge is 0.164 e. The molecule has 0 unspecified atom stereocenters. The third-order valence-electron chi connectivity index (χ3n) is 15.1. The Morgan fingerprint density at radius 3 is 1.85 bits per heavy atom. The lowest BCUT2D eigenvalue weighted by atomic mass is 9.82. The third-order valence-corrected chi connectivity index (χ3v) is 16.2. The van der Waals surface area contributed by atoms with Gasteiger partial charge in [-0.05, 0) is 111 Å². The molecule has 338 valence electrons. The van der Waals surface area contributed by atoms with Gasteiger partial charge in [-0.3, -0.25) is 0 Å². The predicted octanol–water partition coefficient (Wildman–Crippen LogP) is 17.9. The Kier molecular flexibility index (Phi) is 8.81. The van der Waals surface area contributed by atoms with Crippen LogP contribution < -0.4 is 0 Å². The van der Waals surface area contributed by atoms with Crippen molar-refractivity contribution in [2.45, 2.75) is 19.3 Å². The van der Waals surface area contributed by atoms with Crippen molar-refractivity contribution in [1.29, 1.82) is 0 Å². The summed E-state index contributed by atoms with van der Waals surface area (Å²) in [7, 11) is 0. The van der Waals surface area contributed by atoms with Crippen LogP contribution in [0.1, 0.15) is 25.0 Å². The average molecular weight is 939 g/mol. The highest BCUT2D eigenvalue weighted by atomic mass is 32.1. The molecule has 0 saturated carbocycles. The third kappa shape index (κ3) is 6.09. The molecule has 4 heterocycles. The number of furan rings is 1. The first kappa shape index (κ1) is 40.9. The molecule has 14 aromatic rings. The molecule has 72 heavy (non-hydrogen) atoms. The highest BCUT2D eigenvalue weighted by molar-refractivity contribution is 7.25. The average Bonchev–Trinajstić information content (AvgIpc) is 4.16. The minimum absolute atomic E-state index is 0.122. The number of thiophene rings is 1.